The van der Waals surface area contributed by atoms with Gasteiger partial charge in [0.15, 0.2) is 5.76 Å². The molecular formula is C21H16FN3O3S. The zero-order valence-corrected chi connectivity index (χ0v) is 16.5. The number of nitrogens with zero attached hydrogens (tertiary/aromatic N) is 2. The first-order valence-corrected chi connectivity index (χ1v) is 9.72. The van der Waals surface area contributed by atoms with Crippen molar-refractivity contribution in [3.63, 3.8) is 0 Å². The average Bonchev–Trinajstić information content (AvgIpc) is 3.34. The Kier molecular flexibility index (Phi) is 4.94. The molecule has 0 saturated carbocycles. The van der Waals surface area contributed by atoms with Gasteiger partial charge in [-0.1, -0.05) is 35.7 Å². The molecule has 0 atom stereocenters. The van der Waals surface area contributed by atoms with Gasteiger partial charge in [-0.25, -0.2) is 4.39 Å². The van der Waals surface area contributed by atoms with Crippen LogP contribution in [-0.4, -0.2) is 21.3 Å². The van der Waals surface area contributed by atoms with Gasteiger partial charge in [-0.15, -0.1) is 5.10 Å². The van der Waals surface area contributed by atoms with Gasteiger partial charge in [0.2, 0.25) is 5.78 Å². The number of carbonyl (C=O) groups excluding carboxylic acids is 2. The number of halogens is 1. The number of carbonyl (C=O) groups is 2. The van der Waals surface area contributed by atoms with Gasteiger partial charge in [0.1, 0.15) is 16.3 Å². The van der Waals surface area contributed by atoms with Crippen LogP contribution in [0.3, 0.4) is 0 Å². The number of furan rings is 1. The molecule has 4 rings (SSSR count). The first-order valence-electron chi connectivity index (χ1n) is 8.94. The summed E-state index contributed by atoms with van der Waals surface area (Å²) in [6, 6.07) is 11.2. The molecule has 0 aliphatic heterocycles. The molecule has 0 aliphatic rings. The molecule has 8 heteroatoms. The number of aryl methyl sites for hydroxylation is 2. The van der Waals surface area contributed by atoms with Gasteiger partial charge in [-0.2, -0.15) is 0 Å². The second-order valence-electron chi connectivity index (χ2n) is 6.45. The molecule has 2 aromatic heterocycles. The molecule has 2 aromatic carbocycles. The number of aromatic nitrogens is 2. The lowest BCUT2D eigenvalue weighted by Gasteiger charge is -2.06. The molecule has 0 aliphatic carbocycles. The van der Waals surface area contributed by atoms with Crippen molar-refractivity contribution in [2.75, 3.05) is 5.32 Å². The third-order valence-electron chi connectivity index (χ3n) is 4.57. The predicted molar refractivity (Wildman–Crippen MR) is 108 cm³/mol. The average molecular weight is 409 g/mol. The number of ketones is 1. The minimum Gasteiger partial charge on any atom is -0.450 e. The van der Waals surface area contributed by atoms with Crippen LogP contribution in [0.2, 0.25) is 0 Å². The third-order valence-corrected chi connectivity index (χ3v) is 5.34. The topological polar surface area (TPSA) is 85.1 Å². The van der Waals surface area contributed by atoms with E-state index in [1.807, 2.05) is 6.92 Å². The van der Waals surface area contributed by atoms with Crippen LogP contribution in [0.25, 0.3) is 11.0 Å². The Hall–Kier alpha value is -3.39. The first-order chi connectivity index (χ1) is 14.0. The van der Waals surface area contributed by atoms with Crippen molar-refractivity contribution in [2.45, 2.75) is 20.3 Å². The highest BCUT2D eigenvalue weighted by Gasteiger charge is 2.25. The summed E-state index contributed by atoms with van der Waals surface area (Å²) < 4.78 is 23.5. The quantitative estimate of drug-likeness (QED) is 0.480. The van der Waals surface area contributed by atoms with Gasteiger partial charge >= 0.3 is 0 Å². The molecule has 1 amide bonds. The highest BCUT2D eigenvalue weighted by molar-refractivity contribution is 7.08. The summed E-state index contributed by atoms with van der Waals surface area (Å²) in [5, 5.41) is 7.29. The van der Waals surface area contributed by atoms with Gasteiger partial charge in [-0.3, -0.25) is 9.59 Å². The van der Waals surface area contributed by atoms with E-state index in [-0.39, 0.29) is 17.0 Å². The maximum Gasteiger partial charge on any atom is 0.269 e. The second-order valence-corrected chi connectivity index (χ2v) is 7.21. The molecule has 0 unspecified atom stereocenters. The summed E-state index contributed by atoms with van der Waals surface area (Å²) in [6.45, 7) is 3.49. The van der Waals surface area contributed by atoms with Crippen LogP contribution >= 0.6 is 11.5 Å². The van der Waals surface area contributed by atoms with Crippen LogP contribution in [0.4, 0.5) is 10.1 Å². The van der Waals surface area contributed by atoms with Gasteiger partial charge in [-0.05, 0) is 48.6 Å². The van der Waals surface area contributed by atoms with E-state index in [9.17, 15) is 14.0 Å². The summed E-state index contributed by atoms with van der Waals surface area (Å²) in [5.41, 5.74) is 1.83. The van der Waals surface area contributed by atoms with Gasteiger partial charge in [0.25, 0.3) is 5.91 Å². The molecular weight excluding hydrogens is 393 g/mol. The van der Waals surface area contributed by atoms with E-state index < -0.39 is 17.5 Å². The summed E-state index contributed by atoms with van der Waals surface area (Å²) in [7, 11) is 0. The first kappa shape index (κ1) is 18.9. The van der Waals surface area contributed by atoms with Crippen LogP contribution in [0.15, 0.2) is 46.9 Å². The van der Waals surface area contributed by atoms with E-state index in [0.717, 1.165) is 11.5 Å². The fourth-order valence-electron chi connectivity index (χ4n) is 2.98. The van der Waals surface area contributed by atoms with Crippen molar-refractivity contribution in [3.8, 4) is 0 Å². The van der Waals surface area contributed by atoms with Crippen molar-refractivity contribution in [2.24, 2.45) is 0 Å². The van der Waals surface area contributed by atoms with E-state index in [0.29, 0.717) is 33.5 Å². The number of hydrogen-bond acceptors (Lipinski definition) is 6. The van der Waals surface area contributed by atoms with Crippen LogP contribution in [-0.2, 0) is 6.42 Å². The largest absolute Gasteiger partial charge is 0.450 e. The third kappa shape index (κ3) is 3.42. The SMILES string of the molecule is CCc1nnsc1C(=O)Nc1c(C(=O)c2ccc(C)c(F)c2)oc2ccccc12. The molecule has 1 N–H and O–H groups in total. The Morgan fingerprint density at radius 1 is 1.21 bits per heavy atom. The molecule has 0 bridgehead atoms. The summed E-state index contributed by atoms with van der Waals surface area (Å²) >= 11 is 0.985. The van der Waals surface area contributed by atoms with E-state index in [2.05, 4.69) is 14.9 Å². The van der Waals surface area contributed by atoms with Crippen molar-refractivity contribution in [1.29, 1.82) is 0 Å². The highest BCUT2D eigenvalue weighted by Crippen LogP contribution is 2.33. The molecule has 29 heavy (non-hydrogen) atoms. The lowest BCUT2D eigenvalue weighted by molar-refractivity contribution is 0.101. The van der Waals surface area contributed by atoms with E-state index in [4.69, 9.17) is 4.42 Å². The van der Waals surface area contributed by atoms with E-state index in [1.165, 1.54) is 18.2 Å². The number of hydrogen-bond donors (Lipinski definition) is 1. The molecule has 0 spiro atoms. The molecule has 6 nitrogen and oxygen atoms in total. The number of rotatable bonds is 5. The van der Waals surface area contributed by atoms with Crippen LogP contribution in [0.5, 0.6) is 0 Å². The number of benzene rings is 2. The molecule has 4 aromatic rings. The Balaban J connectivity index is 1.79. The number of anilines is 1. The van der Waals surface area contributed by atoms with Crippen molar-refractivity contribution in [3.05, 3.63) is 75.7 Å². The Bertz CT molecular complexity index is 1250. The van der Waals surface area contributed by atoms with Crippen molar-refractivity contribution < 1.29 is 18.4 Å². The molecule has 2 heterocycles. The maximum atomic E-state index is 14.0. The van der Waals surface area contributed by atoms with Crippen molar-refractivity contribution >= 4 is 39.9 Å². The second kappa shape index (κ2) is 7.56. The number of nitrogens with one attached hydrogen (secondary N) is 1. The fraction of sp³-hybridized carbons (Fsp3) is 0.143. The number of para-hydroxylation sites is 1. The van der Waals surface area contributed by atoms with Crippen LogP contribution < -0.4 is 5.32 Å². The Labute approximate surface area is 169 Å². The fourth-order valence-corrected chi connectivity index (χ4v) is 3.62. The number of amides is 1. The normalized spacial score (nSPS) is 11.0. The minimum atomic E-state index is -0.520. The summed E-state index contributed by atoms with van der Waals surface area (Å²) in [4.78, 5) is 26.2. The molecule has 0 fully saturated rings. The smallest absolute Gasteiger partial charge is 0.269 e. The molecule has 0 saturated heterocycles. The zero-order chi connectivity index (χ0) is 20.5. The lowest BCUT2D eigenvalue weighted by atomic mass is 10.0. The van der Waals surface area contributed by atoms with E-state index >= 15 is 0 Å². The Morgan fingerprint density at radius 2 is 2.00 bits per heavy atom. The molecule has 146 valence electrons. The summed E-state index contributed by atoms with van der Waals surface area (Å²) in [6.07, 6.45) is 0.555. The standard InChI is InChI=1S/C21H16FN3O3S/c1-3-15-20(29-25-24-15)21(27)23-17-13-6-4-5-7-16(13)28-19(17)18(26)12-9-8-11(2)14(22)10-12/h4-10H,3H2,1-2H3,(H,23,27). The number of fused-ring (bicyclic) bond motifs is 1. The minimum absolute atomic E-state index is 0.0571. The van der Waals surface area contributed by atoms with Gasteiger partial charge in [0, 0.05) is 10.9 Å². The van der Waals surface area contributed by atoms with Crippen LogP contribution in [0, 0.1) is 12.7 Å². The maximum absolute atomic E-state index is 14.0. The lowest BCUT2D eigenvalue weighted by Crippen LogP contribution is -2.14. The monoisotopic (exact) mass is 409 g/mol. The van der Waals surface area contributed by atoms with Gasteiger partial charge in [0.05, 0.1) is 11.4 Å². The Morgan fingerprint density at radius 3 is 2.76 bits per heavy atom. The molecule has 0 radical (unpaired) electrons. The van der Waals surface area contributed by atoms with Gasteiger partial charge < -0.3 is 9.73 Å². The predicted octanol–water partition coefficient (Wildman–Crippen LogP) is 4.78. The van der Waals surface area contributed by atoms with Crippen LogP contribution in [0.1, 0.15) is 44.0 Å². The summed E-state index contributed by atoms with van der Waals surface area (Å²) in [5.74, 6) is -1.49. The zero-order valence-electron chi connectivity index (χ0n) is 15.7. The van der Waals surface area contributed by atoms with E-state index in [1.54, 1.807) is 31.2 Å². The van der Waals surface area contributed by atoms with Crippen molar-refractivity contribution in [1.82, 2.24) is 9.59 Å². The highest BCUT2D eigenvalue weighted by atomic mass is 32.1.